The van der Waals surface area contributed by atoms with Crippen molar-refractivity contribution in [3.05, 3.63) is 30.1 Å². The summed E-state index contributed by atoms with van der Waals surface area (Å²) in [5.41, 5.74) is 1.88. The van der Waals surface area contributed by atoms with Gasteiger partial charge in [0.1, 0.15) is 0 Å². The van der Waals surface area contributed by atoms with E-state index >= 15 is 0 Å². The summed E-state index contributed by atoms with van der Waals surface area (Å²) in [6, 6.07) is 5.83. The van der Waals surface area contributed by atoms with Crippen LogP contribution in [-0.4, -0.2) is 29.3 Å². The van der Waals surface area contributed by atoms with Crippen LogP contribution in [-0.2, 0) is 0 Å². The van der Waals surface area contributed by atoms with Crippen molar-refractivity contribution >= 4 is 5.71 Å². The number of hydrogen-bond acceptors (Lipinski definition) is 3. The molecule has 1 aromatic rings. The molecule has 0 saturated heterocycles. The highest BCUT2D eigenvalue weighted by atomic mass is 15.4. The Morgan fingerprint density at radius 2 is 2.31 bits per heavy atom. The van der Waals surface area contributed by atoms with Gasteiger partial charge in [-0.05, 0) is 26.0 Å². The molecule has 0 fully saturated rings. The molecule has 0 radical (unpaired) electrons. The summed E-state index contributed by atoms with van der Waals surface area (Å²) in [5, 5.41) is 6.25. The molecule has 0 spiro atoms. The fourth-order valence-corrected chi connectivity index (χ4v) is 0.955. The van der Waals surface area contributed by atoms with Gasteiger partial charge in [0.05, 0.1) is 11.4 Å². The molecule has 0 atom stereocenters. The van der Waals surface area contributed by atoms with Crippen molar-refractivity contribution in [2.24, 2.45) is 5.10 Å². The second kappa shape index (κ2) is 4.60. The van der Waals surface area contributed by atoms with Crippen LogP contribution in [0.2, 0.25) is 0 Å². The molecular weight excluding hydrogens is 162 g/mol. The zero-order valence-corrected chi connectivity index (χ0v) is 8.36. The molecule has 0 saturated carbocycles. The zero-order valence-electron chi connectivity index (χ0n) is 8.36. The predicted molar refractivity (Wildman–Crippen MR) is 54.8 cm³/mol. The van der Waals surface area contributed by atoms with Crippen molar-refractivity contribution in [2.75, 3.05) is 13.6 Å². The van der Waals surface area contributed by atoms with Crippen LogP contribution in [0.4, 0.5) is 0 Å². The van der Waals surface area contributed by atoms with Gasteiger partial charge in [0.15, 0.2) is 0 Å². The van der Waals surface area contributed by atoms with E-state index in [0.717, 1.165) is 18.0 Å². The fraction of sp³-hybridized carbons (Fsp3) is 0.400. The molecule has 1 heterocycles. The van der Waals surface area contributed by atoms with Gasteiger partial charge in [-0.2, -0.15) is 5.10 Å². The average Bonchev–Trinajstić information content (AvgIpc) is 2.19. The maximum atomic E-state index is 4.35. The highest BCUT2D eigenvalue weighted by molar-refractivity contribution is 5.96. The maximum absolute atomic E-state index is 4.35. The quantitative estimate of drug-likeness (QED) is 0.520. The Kier molecular flexibility index (Phi) is 3.43. The Bertz CT molecular complexity index is 279. The Morgan fingerprint density at radius 3 is 2.85 bits per heavy atom. The third kappa shape index (κ3) is 2.86. The molecule has 3 heteroatoms. The van der Waals surface area contributed by atoms with Crippen LogP contribution in [0.25, 0.3) is 0 Å². The molecule has 0 aliphatic rings. The summed E-state index contributed by atoms with van der Waals surface area (Å²) in [7, 11) is 1.95. The molecule has 1 rings (SSSR count). The lowest BCUT2D eigenvalue weighted by atomic mass is 10.3. The van der Waals surface area contributed by atoms with Crippen molar-refractivity contribution in [2.45, 2.75) is 13.8 Å². The van der Waals surface area contributed by atoms with Crippen LogP contribution in [0.1, 0.15) is 19.5 Å². The summed E-state index contributed by atoms with van der Waals surface area (Å²) >= 11 is 0. The van der Waals surface area contributed by atoms with E-state index in [0.29, 0.717) is 0 Å². The minimum atomic E-state index is 0.907. The number of aromatic nitrogens is 1. The van der Waals surface area contributed by atoms with Crippen LogP contribution < -0.4 is 0 Å². The Labute approximate surface area is 79.1 Å². The first-order chi connectivity index (χ1) is 6.24. The minimum absolute atomic E-state index is 0.907. The summed E-state index contributed by atoms with van der Waals surface area (Å²) in [4.78, 5) is 4.21. The zero-order chi connectivity index (χ0) is 9.68. The molecule has 0 aliphatic heterocycles. The average molecular weight is 177 g/mol. The Hall–Kier alpha value is -1.38. The van der Waals surface area contributed by atoms with Gasteiger partial charge in [0, 0.05) is 19.8 Å². The molecule has 0 N–H and O–H groups in total. The minimum Gasteiger partial charge on any atom is -0.300 e. The van der Waals surface area contributed by atoms with Crippen LogP contribution in [0.15, 0.2) is 29.5 Å². The summed E-state index contributed by atoms with van der Waals surface area (Å²) in [5.74, 6) is 0. The molecule has 13 heavy (non-hydrogen) atoms. The molecule has 70 valence electrons. The second-order valence-electron chi connectivity index (χ2n) is 2.87. The molecule has 0 unspecified atom stereocenters. The Morgan fingerprint density at radius 1 is 1.54 bits per heavy atom. The molecule has 0 aromatic carbocycles. The van der Waals surface area contributed by atoms with E-state index in [1.807, 2.05) is 37.2 Å². The highest BCUT2D eigenvalue weighted by Crippen LogP contribution is 1.97. The van der Waals surface area contributed by atoms with Crippen molar-refractivity contribution in [1.82, 2.24) is 9.99 Å². The monoisotopic (exact) mass is 177 g/mol. The molecular formula is C10H15N3. The first-order valence-electron chi connectivity index (χ1n) is 4.41. The molecule has 0 bridgehead atoms. The Balaban J connectivity index is 2.79. The number of rotatable bonds is 3. The molecule has 1 aromatic heterocycles. The second-order valence-corrected chi connectivity index (χ2v) is 2.87. The van der Waals surface area contributed by atoms with E-state index in [2.05, 4.69) is 17.0 Å². The van der Waals surface area contributed by atoms with Crippen molar-refractivity contribution in [3.8, 4) is 0 Å². The standard InChI is InChI=1S/C10H15N3/c1-4-13(3)12-9(2)10-7-5-6-8-11-10/h5-8H,4H2,1-3H3/b12-9-. The number of hydrazone groups is 1. The number of hydrogen-bond donors (Lipinski definition) is 0. The lowest BCUT2D eigenvalue weighted by Crippen LogP contribution is -2.13. The maximum Gasteiger partial charge on any atom is 0.0859 e. The van der Waals surface area contributed by atoms with Gasteiger partial charge in [0.25, 0.3) is 0 Å². The summed E-state index contributed by atoms with van der Waals surface area (Å²) in [6.07, 6.45) is 1.78. The SMILES string of the molecule is CCN(C)/N=C(/C)c1ccccn1. The number of nitrogens with zero attached hydrogens (tertiary/aromatic N) is 3. The van der Waals surface area contributed by atoms with Crippen LogP contribution in [0.5, 0.6) is 0 Å². The van der Waals surface area contributed by atoms with Gasteiger partial charge in [-0.1, -0.05) is 6.07 Å². The molecule has 3 nitrogen and oxygen atoms in total. The largest absolute Gasteiger partial charge is 0.300 e. The number of pyridine rings is 1. The van der Waals surface area contributed by atoms with E-state index < -0.39 is 0 Å². The summed E-state index contributed by atoms with van der Waals surface area (Å²) < 4.78 is 0. The predicted octanol–water partition coefficient (Wildman–Crippen LogP) is 1.76. The molecule has 0 aliphatic carbocycles. The first-order valence-corrected chi connectivity index (χ1v) is 4.41. The topological polar surface area (TPSA) is 28.5 Å². The highest BCUT2D eigenvalue weighted by Gasteiger charge is 1.97. The van der Waals surface area contributed by atoms with E-state index in [-0.39, 0.29) is 0 Å². The fourth-order valence-electron chi connectivity index (χ4n) is 0.955. The normalized spacial score (nSPS) is 11.5. The van der Waals surface area contributed by atoms with E-state index in [9.17, 15) is 0 Å². The third-order valence-electron chi connectivity index (χ3n) is 1.81. The van der Waals surface area contributed by atoms with Gasteiger partial charge < -0.3 is 5.01 Å². The first kappa shape index (κ1) is 9.71. The third-order valence-corrected chi connectivity index (χ3v) is 1.81. The lowest BCUT2D eigenvalue weighted by Gasteiger charge is -2.10. The summed E-state index contributed by atoms with van der Waals surface area (Å²) in [6.45, 7) is 4.94. The van der Waals surface area contributed by atoms with Crippen LogP contribution >= 0.6 is 0 Å². The smallest absolute Gasteiger partial charge is 0.0859 e. The lowest BCUT2D eigenvalue weighted by molar-refractivity contribution is 0.375. The van der Waals surface area contributed by atoms with E-state index in [1.165, 1.54) is 0 Å². The van der Waals surface area contributed by atoms with Crippen LogP contribution in [0.3, 0.4) is 0 Å². The molecule has 0 amide bonds. The van der Waals surface area contributed by atoms with Gasteiger partial charge in [-0.15, -0.1) is 0 Å². The van der Waals surface area contributed by atoms with Gasteiger partial charge in [-0.25, -0.2) is 0 Å². The van der Waals surface area contributed by atoms with Crippen LogP contribution in [0, 0.1) is 0 Å². The van der Waals surface area contributed by atoms with Gasteiger partial charge in [0.2, 0.25) is 0 Å². The van der Waals surface area contributed by atoms with Crippen molar-refractivity contribution < 1.29 is 0 Å². The van der Waals surface area contributed by atoms with Crippen molar-refractivity contribution in [3.63, 3.8) is 0 Å². The van der Waals surface area contributed by atoms with Crippen molar-refractivity contribution in [1.29, 1.82) is 0 Å². The van der Waals surface area contributed by atoms with Gasteiger partial charge in [-0.3, -0.25) is 4.98 Å². The van der Waals surface area contributed by atoms with E-state index in [4.69, 9.17) is 0 Å². The van der Waals surface area contributed by atoms with E-state index in [1.54, 1.807) is 6.20 Å². The van der Waals surface area contributed by atoms with Gasteiger partial charge >= 0.3 is 0 Å².